The summed E-state index contributed by atoms with van der Waals surface area (Å²) in [6.45, 7) is 0.753. The number of thioether (sulfide) groups is 1. The zero-order chi connectivity index (χ0) is 27.2. The van der Waals surface area contributed by atoms with Crippen molar-refractivity contribution in [3.8, 4) is 17.2 Å². The van der Waals surface area contributed by atoms with Crippen molar-refractivity contribution < 1.29 is 23.8 Å². The van der Waals surface area contributed by atoms with Crippen molar-refractivity contribution >= 4 is 34.4 Å². The van der Waals surface area contributed by atoms with E-state index < -0.39 is 0 Å². The van der Waals surface area contributed by atoms with Gasteiger partial charge < -0.3 is 19.5 Å². The topological polar surface area (TPSA) is 109 Å². The van der Waals surface area contributed by atoms with Gasteiger partial charge in [-0.1, -0.05) is 54.2 Å². The first kappa shape index (κ1) is 26.3. The second-order valence-corrected chi connectivity index (χ2v) is 9.82. The number of nitrogens with zero attached hydrogens (tertiary/aromatic N) is 2. The molecule has 0 bridgehead atoms. The van der Waals surface area contributed by atoms with Gasteiger partial charge >= 0.3 is 0 Å². The number of ketones is 1. The van der Waals surface area contributed by atoms with Crippen LogP contribution in [0, 0.1) is 0 Å². The van der Waals surface area contributed by atoms with E-state index in [9.17, 15) is 14.4 Å². The first-order valence-electron chi connectivity index (χ1n) is 12.5. The molecule has 5 rings (SSSR count). The van der Waals surface area contributed by atoms with E-state index in [1.807, 2.05) is 42.5 Å². The molecule has 0 unspecified atom stereocenters. The van der Waals surface area contributed by atoms with Gasteiger partial charge in [0.15, 0.2) is 22.4 Å². The molecule has 4 aromatic rings. The molecular formula is C29H27N3O6S. The molecule has 3 aromatic carbocycles. The highest BCUT2D eigenvalue weighted by atomic mass is 32.2. The molecule has 0 radical (unpaired) electrons. The summed E-state index contributed by atoms with van der Waals surface area (Å²) in [5, 5.41) is 3.71. The fourth-order valence-corrected chi connectivity index (χ4v) is 5.09. The number of Topliss-reactive ketones (excluding diaryl/α,β-unsaturated/α-hetero) is 1. The SMILES string of the molecule is COc1ccc(CNC(=O)CCCn2c(SCC(=O)c3ccccc3)nc3cc4c(cc3c2=O)OCO4)cc1. The quantitative estimate of drug-likeness (QED) is 0.170. The van der Waals surface area contributed by atoms with Crippen LogP contribution in [-0.2, 0) is 17.9 Å². The van der Waals surface area contributed by atoms with E-state index >= 15 is 0 Å². The molecule has 1 amide bonds. The maximum absolute atomic E-state index is 13.5. The van der Waals surface area contributed by atoms with Crippen molar-refractivity contribution in [3.05, 3.63) is 88.2 Å². The zero-order valence-electron chi connectivity index (χ0n) is 21.3. The van der Waals surface area contributed by atoms with Gasteiger partial charge in [0.05, 0.1) is 23.8 Å². The first-order valence-corrected chi connectivity index (χ1v) is 13.5. The minimum Gasteiger partial charge on any atom is -0.497 e. The van der Waals surface area contributed by atoms with Crippen molar-refractivity contribution in [2.75, 3.05) is 19.7 Å². The summed E-state index contributed by atoms with van der Waals surface area (Å²) in [4.78, 5) is 43.4. The van der Waals surface area contributed by atoms with Crippen LogP contribution in [0.4, 0.5) is 0 Å². The summed E-state index contributed by atoms with van der Waals surface area (Å²) >= 11 is 1.20. The molecule has 200 valence electrons. The molecule has 9 nitrogen and oxygen atoms in total. The maximum atomic E-state index is 13.5. The first-order chi connectivity index (χ1) is 19.0. The van der Waals surface area contributed by atoms with Crippen LogP contribution >= 0.6 is 11.8 Å². The predicted molar refractivity (Wildman–Crippen MR) is 148 cm³/mol. The Morgan fingerprint density at radius 1 is 1.05 bits per heavy atom. The number of fused-ring (bicyclic) bond motifs is 2. The Kier molecular flexibility index (Phi) is 8.12. The van der Waals surface area contributed by atoms with Crippen molar-refractivity contribution in [3.63, 3.8) is 0 Å². The number of hydrogen-bond donors (Lipinski definition) is 1. The molecule has 0 fully saturated rings. The van der Waals surface area contributed by atoms with Gasteiger partial charge in [-0.3, -0.25) is 19.0 Å². The summed E-state index contributed by atoms with van der Waals surface area (Å²) < 4.78 is 17.6. The normalized spacial score (nSPS) is 11.9. The van der Waals surface area contributed by atoms with Gasteiger partial charge in [0.25, 0.3) is 5.56 Å². The van der Waals surface area contributed by atoms with Gasteiger partial charge in [-0.2, -0.15) is 0 Å². The third kappa shape index (κ3) is 6.23. The average Bonchev–Trinajstić information content (AvgIpc) is 3.43. The Labute approximate surface area is 229 Å². The molecule has 10 heteroatoms. The Balaban J connectivity index is 1.30. The van der Waals surface area contributed by atoms with Gasteiger partial charge in [0.1, 0.15) is 5.75 Å². The monoisotopic (exact) mass is 545 g/mol. The zero-order valence-corrected chi connectivity index (χ0v) is 22.2. The molecule has 39 heavy (non-hydrogen) atoms. The minimum atomic E-state index is -0.258. The molecule has 0 saturated heterocycles. The lowest BCUT2D eigenvalue weighted by molar-refractivity contribution is -0.121. The highest BCUT2D eigenvalue weighted by Gasteiger charge is 2.20. The van der Waals surface area contributed by atoms with E-state index in [2.05, 4.69) is 5.32 Å². The lowest BCUT2D eigenvalue weighted by Gasteiger charge is -2.13. The van der Waals surface area contributed by atoms with Crippen molar-refractivity contribution in [1.29, 1.82) is 0 Å². The third-order valence-electron chi connectivity index (χ3n) is 6.28. The number of rotatable bonds is 11. The van der Waals surface area contributed by atoms with Gasteiger partial charge in [0, 0.05) is 31.1 Å². The summed E-state index contributed by atoms with van der Waals surface area (Å²) in [5.74, 6) is 1.70. The summed E-state index contributed by atoms with van der Waals surface area (Å²) in [6.07, 6.45) is 0.654. The van der Waals surface area contributed by atoms with E-state index in [-0.39, 0.29) is 42.8 Å². The van der Waals surface area contributed by atoms with E-state index in [0.717, 1.165) is 11.3 Å². The second-order valence-electron chi connectivity index (χ2n) is 8.88. The van der Waals surface area contributed by atoms with E-state index in [0.29, 0.717) is 46.1 Å². The van der Waals surface area contributed by atoms with Crippen LogP contribution in [0.15, 0.2) is 76.7 Å². The predicted octanol–water partition coefficient (Wildman–Crippen LogP) is 4.21. The number of aromatic nitrogens is 2. The van der Waals surface area contributed by atoms with E-state index in [1.165, 1.54) is 16.3 Å². The minimum absolute atomic E-state index is 0.0647. The summed E-state index contributed by atoms with van der Waals surface area (Å²) in [7, 11) is 1.60. The number of carbonyl (C=O) groups is 2. The molecule has 1 aliphatic rings. The number of ether oxygens (including phenoxy) is 3. The molecule has 0 spiro atoms. The number of hydrogen-bond acceptors (Lipinski definition) is 8. The molecule has 1 N–H and O–H groups in total. The fraction of sp³-hybridized carbons (Fsp3) is 0.241. The van der Waals surface area contributed by atoms with Crippen LogP contribution in [-0.4, -0.2) is 40.9 Å². The average molecular weight is 546 g/mol. The Bertz CT molecular complexity index is 1550. The van der Waals surface area contributed by atoms with E-state index in [1.54, 1.807) is 31.4 Å². The molecule has 2 heterocycles. The van der Waals surface area contributed by atoms with Gasteiger partial charge in [-0.25, -0.2) is 4.98 Å². The van der Waals surface area contributed by atoms with Gasteiger partial charge in [0.2, 0.25) is 12.7 Å². The lowest BCUT2D eigenvalue weighted by atomic mass is 10.2. The van der Waals surface area contributed by atoms with Crippen molar-refractivity contribution in [2.45, 2.75) is 31.1 Å². The van der Waals surface area contributed by atoms with Crippen molar-refractivity contribution in [2.24, 2.45) is 0 Å². The highest BCUT2D eigenvalue weighted by Crippen LogP contribution is 2.35. The van der Waals surface area contributed by atoms with Crippen LogP contribution in [0.3, 0.4) is 0 Å². The summed E-state index contributed by atoms with van der Waals surface area (Å²) in [5.41, 5.74) is 1.76. The molecule has 0 saturated carbocycles. The summed E-state index contributed by atoms with van der Waals surface area (Å²) in [6, 6.07) is 19.8. The molecule has 1 aliphatic heterocycles. The number of nitrogens with one attached hydrogen (secondary N) is 1. The Morgan fingerprint density at radius 3 is 2.54 bits per heavy atom. The highest BCUT2D eigenvalue weighted by molar-refractivity contribution is 7.99. The molecule has 0 aliphatic carbocycles. The van der Waals surface area contributed by atoms with Crippen LogP contribution in [0.25, 0.3) is 10.9 Å². The number of benzene rings is 3. The van der Waals surface area contributed by atoms with E-state index in [4.69, 9.17) is 19.2 Å². The number of methoxy groups -OCH3 is 1. The fourth-order valence-electron chi connectivity index (χ4n) is 4.17. The Morgan fingerprint density at radius 2 is 1.79 bits per heavy atom. The third-order valence-corrected chi connectivity index (χ3v) is 7.25. The smallest absolute Gasteiger partial charge is 0.262 e. The van der Waals surface area contributed by atoms with Crippen LogP contribution < -0.4 is 25.1 Å². The van der Waals surface area contributed by atoms with Gasteiger partial charge in [-0.05, 0) is 30.2 Å². The molecular weight excluding hydrogens is 518 g/mol. The largest absolute Gasteiger partial charge is 0.497 e. The van der Waals surface area contributed by atoms with Crippen LogP contribution in [0.1, 0.15) is 28.8 Å². The number of carbonyl (C=O) groups excluding carboxylic acids is 2. The van der Waals surface area contributed by atoms with Gasteiger partial charge in [-0.15, -0.1) is 0 Å². The molecule has 0 atom stereocenters. The van der Waals surface area contributed by atoms with Crippen LogP contribution in [0.5, 0.6) is 17.2 Å². The Hall–Kier alpha value is -4.31. The standard InChI is InChI=1S/C29H27N3O6S/c1-36-21-11-9-19(10-12-21)16-30-27(34)8-5-13-32-28(35)22-14-25-26(38-18-37-25)15-23(22)31-29(32)39-17-24(33)20-6-3-2-4-7-20/h2-4,6-7,9-12,14-15H,5,8,13,16-18H2,1H3,(H,30,34). The maximum Gasteiger partial charge on any atom is 0.262 e. The van der Waals surface area contributed by atoms with Crippen LogP contribution in [0.2, 0.25) is 0 Å². The number of amides is 1. The lowest BCUT2D eigenvalue weighted by Crippen LogP contribution is -2.26. The second kappa shape index (κ2) is 12.0. The van der Waals surface area contributed by atoms with Crippen molar-refractivity contribution in [1.82, 2.24) is 14.9 Å². The molecule has 1 aromatic heterocycles.